The van der Waals surface area contributed by atoms with Crippen molar-refractivity contribution in [3.63, 3.8) is 0 Å². The van der Waals surface area contributed by atoms with Crippen LogP contribution in [0.1, 0.15) is 19.4 Å². The van der Waals surface area contributed by atoms with Crippen molar-refractivity contribution in [1.82, 2.24) is 0 Å². The Morgan fingerprint density at radius 2 is 2.17 bits per heavy atom. The number of benzene rings is 1. The van der Waals surface area contributed by atoms with Gasteiger partial charge in [-0.3, -0.25) is 4.79 Å². The van der Waals surface area contributed by atoms with E-state index in [4.69, 9.17) is 16.3 Å². The summed E-state index contributed by atoms with van der Waals surface area (Å²) in [5.41, 5.74) is 2.01. The van der Waals surface area contributed by atoms with E-state index in [1.807, 2.05) is 0 Å². The summed E-state index contributed by atoms with van der Waals surface area (Å²) >= 11 is 5.54. The Morgan fingerprint density at radius 1 is 1.42 bits per heavy atom. The summed E-state index contributed by atoms with van der Waals surface area (Å²) in [6.45, 7) is 3.94. The summed E-state index contributed by atoms with van der Waals surface area (Å²) in [7, 11) is 0. The highest BCUT2D eigenvalue weighted by Gasteiger charge is 2.22. The number of nitrogens with zero attached hydrogens (tertiary/aromatic N) is 3. The molecule has 1 aliphatic rings. The lowest BCUT2D eigenvalue weighted by Crippen LogP contribution is -2.25. The quantitative estimate of drug-likeness (QED) is 0.290. The number of esters is 1. The Bertz CT molecular complexity index is 715. The van der Waals surface area contributed by atoms with Gasteiger partial charge in [0.1, 0.15) is 5.76 Å². The number of anilines is 1. The monoisotopic (exact) mass is 351 g/mol. The zero-order valence-electron chi connectivity index (χ0n) is 13.5. The number of aliphatic hydroxyl groups is 1. The van der Waals surface area contributed by atoms with Crippen LogP contribution in [0.2, 0.25) is 0 Å². The molecule has 0 aromatic heterocycles. The number of carbonyl (C=O) groups is 2. The summed E-state index contributed by atoms with van der Waals surface area (Å²) in [6.07, 6.45) is 0.728. The van der Waals surface area contributed by atoms with E-state index < -0.39 is 11.7 Å². The molecule has 0 unspecified atom stereocenters. The topological polar surface area (TPSA) is 91.6 Å². The van der Waals surface area contributed by atoms with Crippen LogP contribution in [0.25, 0.3) is 0 Å². The predicted octanol–water partition coefficient (Wildman–Crippen LogP) is 3.25. The van der Waals surface area contributed by atoms with Gasteiger partial charge in [0.25, 0.3) is 0 Å². The fourth-order valence-electron chi connectivity index (χ4n) is 2.36. The van der Waals surface area contributed by atoms with Crippen LogP contribution in [0, 0.1) is 0 Å². The summed E-state index contributed by atoms with van der Waals surface area (Å²) < 4.78 is 4.82. The van der Waals surface area contributed by atoms with E-state index in [0.717, 1.165) is 17.7 Å². The highest BCUT2D eigenvalue weighted by molar-refractivity contribution is 6.19. The van der Waals surface area contributed by atoms with Crippen molar-refractivity contribution in [2.75, 3.05) is 23.9 Å². The van der Waals surface area contributed by atoms with Crippen LogP contribution < -0.4 is 4.90 Å². The molecule has 7 nitrogen and oxygen atoms in total. The molecule has 0 atom stereocenters. The number of allylic oxidation sites excluding steroid dienone is 1. The Labute approximate surface area is 144 Å². The number of halogens is 1. The number of carbonyl (C=O) groups excluding carboxylic acids is 2. The molecule has 0 spiro atoms. The number of hydrogen-bond donors (Lipinski definition) is 1. The molecule has 0 aliphatic carbocycles. The third-order valence-electron chi connectivity index (χ3n) is 3.47. The first kappa shape index (κ1) is 17.9. The third kappa shape index (κ3) is 3.91. The summed E-state index contributed by atoms with van der Waals surface area (Å²) in [5.74, 6) is -1.47. The summed E-state index contributed by atoms with van der Waals surface area (Å²) in [6, 6.07) is 5.26. The first-order valence-electron chi connectivity index (χ1n) is 7.45. The lowest BCUT2D eigenvalue weighted by atomic mass is 10.1. The smallest absolute Gasteiger partial charge is 0.362 e. The van der Waals surface area contributed by atoms with E-state index in [9.17, 15) is 14.7 Å². The molecule has 128 valence electrons. The summed E-state index contributed by atoms with van der Waals surface area (Å²) in [5, 5.41) is 17.4. The fourth-order valence-corrected chi connectivity index (χ4v) is 2.49. The summed E-state index contributed by atoms with van der Waals surface area (Å²) in [4.78, 5) is 25.0. The van der Waals surface area contributed by atoms with Crippen molar-refractivity contribution in [2.45, 2.75) is 20.3 Å². The predicted molar refractivity (Wildman–Crippen MR) is 89.7 cm³/mol. The molecular weight excluding hydrogens is 334 g/mol. The number of aliphatic hydroxyl groups excluding tert-OH is 1. The number of hydrogen-bond acceptors (Lipinski definition) is 6. The second-order valence-corrected chi connectivity index (χ2v) is 5.35. The first-order chi connectivity index (χ1) is 11.5. The Morgan fingerprint density at radius 3 is 2.79 bits per heavy atom. The van der Waals surface area contributed by atoms with E-state index in [0.29, 0.717) is 12.2 Å². The lowest BCUT2D eigenvalue weighted by molar-refractivity contribution is -0.138. The maximum absolute atomic E-state index is 11.8. The molecule has 0 saturated heterocycles. The maximum Gasteiger partial charge on any atom is 0.362 e. The molecule has 1 aromatic carbocycles. The molecule has 1 aromatic rings. The molecule has 1 amide bonds. The average Bonchev–Trinajstić information content (AvgIpc) is 2.98. The minimum absolute atomic E-state index is 0.0114. The molecule has 24 heavy (non-hydrogen) atoms. The van der Waals surface area contributed by atoms with Gasteiger partial charge >= 0.3 is 5.97 Å². The molecule has 1 aliphatic heterocycles. The number of alkyl halides is 1. The van der Waals surface area contributed by atoms with Gasteiger partial charge in [0.15, 0.2) is 0 Å². The van der Waals surface area contributed by atoms with Crippen LogP contribution in [0.3, 0.4) is 0 Å². The van der Waals surface area contributed by atoms with Gasteiger partial charge in [-0.15, -0.1) is 16.7 Å². The van der Waals surface area contributed by atoms with Crippen LogP contribution >= 0.6 is 11.6 Å². The molecule has 8 heteroatoms. The van der Waals surface area contributed by atoms with Crippen molar-refractivity contribution < 1.29 is 19.4 Å². The number of rotatable bonds is 5. The van der Waals surface area contributed by atoms with Crippen LogP contribution in [0.15, 0.2) is 39.9 Å². The second kappa shape index (κ2) is 7.92. The largest absolute Gasteiger partial charge is 0.508 e. The van der Waals surface area contributed by atoms with Gasteiger partial charge in [-0.2, -0.15) is 5.11 Å². The van der Waals surface area contributed by atoms with Crippen molar-refractivity contribution in [1.29, 1.82) is 0 Å². The fraction of sp³-hybridized carbons (Fsp3) is 0.375. The van der Waals surface area contributed by atoms with Gasteiger partial charge in [0, 0.05) is 19.2 Å². The number of ether oxygens (including phenoxy) is 1. The van der Waals surface area contributed by atoms with Crippen LogP contribution in [0.4, 0.5) is 11.4 Å². The molecule has 0 saturated carbocycles. The Hall–Kier alpha value is -2.41. The highest BCUT2D eigenvalue weighted by atomic mass is 35.5. The van der Waals surface area contributed by atoms with Crippen molar-refractivity contribution in [2.24, 2.45) is 10.2 Å². The molecule has 0 bridgehead atoms. The highest BCUT2D eigenvalue weighted by Crippen LogP contribution is 2.31. The first-order valence-corrected chi connectivity index (χ1v) is 7.99. The van der Waals surface area contributed by atoms with Gasteiger partial charge in [-0.05, 0) is 37.1 Å². The SMILES string of the molecule is CCOC(=O)C(N=Nc1ccc2c(c1)CCN2C(C)=O)=C(O)CCl. The molecule has 1 N–H and O–H groups in total. The number of azo groups is 1. The van der Waals surface area contributed by atoms with Gasteiger partial charge in [-0.1, -0.05) is 0 Å². The molecule has 2 rings (SSSR count). The van der Waals surface area contributed by atoms with Crippen LogP contribution in [0.5, 0.6) is 0 Å². The van der Waals surface area contributed by atoms with E-state index in [2.05, 4.69) is 10.2 Å². The molecule has 0 radical (unpaired) electrons. The number of amides is 1. The van der Waals surface area contributed by atoms with Crippen molar-refractivity contribution in [3.05, 3.63) is 35.2 Å². The lowest BCUT2D eigenvalue weighted by Gasteiger charge is -2.14. The van der Waals surface area contributed by atoms with Crippen LogP contribution in [-0.2, 0) is 20.7 Å². The minimum atomic E-state index is -0.789. The van der Waals surface area contributed by atoms with E-state index in [1.165, 1.54) is 6.92 Å². The zero-order valence-corrected chi connectivity index (χ0v) is 14.2. The Balaban J connectivity index is 2.25. The zero-order chi connectivity index (χ0) is 17.7. The van der Waals surface area contributed by atoms with Gasteiger partial charge in [-0.25, -0.2) is 4.79 Å². The van der Waals surface area contributed by atoms with E-state index >= 15 is 0 Å². The van der Waals surface area contributed by atoms with Gasteiger partial charge in [0.05, 0.1) is 18.2 Å². The molecule has 1 heterocycles. The van der Waals surface area contributed by atoms with Gasteiger partial charge in [0.2, 0.25) is 11.6 Å². The molecule has 0 fully saturated rings. The van der Waals surface area contributed by atoms with Crippen LogP contribution in [-0.4, -0.2) is 36.0 Å². The maximum atomic E-state index is 11.8. The average molecular weight is 352 g/mol. The minimum Gasteiger partial charge on any atom is -0.508 e. The van der Waals surface area contributed by atoms with Gasteiger partial charge < -0.3 is 14.7 Å². The second-order valence-electron chi connectivity index (χ2n) is 5.08. The molecular formula is C16H18ClN3O4. The normalized spacial score (nSPS) is 14.5. The standard InChI is InChI=1S/C16H18ClN3O4/c1-3-24-16(23)15(14(22)9-17)19-18-12-4-5-13-11(8-12)6-7-20(13)10(2)21/h4-5,8,22H,3,6-7,9H2,1-2H3. The van der Waals surface area contributed by atoms with Crippen molar-refractivity contribution >= 4 is 34.9 Å². The third-order valence-corrected chi connectivity index (χ3v) is 3.73. The number of fused-ring (bicyclic) bond motifs is 1. The Kier molecular flexibility index (Phi) is 5.92. The van der Waals surface area contributed by atoms with Crippen molar-refractivity contribution in [3.8, 4) is 0 Å². The van der Waals surface area contributed by atoms with E-state index in [1.54, 1.807) is 30.0 Å². The van der Waals surface area contributed by atoms with E-state index in [-0.39, 0.29) is 24.1 Å².